The van der Waals surface area contributed by atoms with Crippen molar-refractivity contribution < 1.29 is 26.3 Å². The molecule has 0 amide bonds. The van der Waals surface area contributed by atoms with Gasteiger partial charge in [-0.15, -0.1) is 12.6 Å². The molecule has 1 rings (SSSR count). The molecule has 15 heavy (non-hydrogen) atoms. The summed E-state index contributed by atoms with van der Waals surface area (Å²) in [7, 11) is 0. The molecule has 0 saturated carbocycles. The Hall–Kier alpha value is -0.920. The van der Waals surface area contributed by atoms with Gasteiger partial charge in [-0.1, -0.05) is 0 Å². The lowest BCUT2D eigenvalue weighted by atomic mass is 10.3. The fraction of sp³-hybridized carbons (Fsp3) is 0.286. The van der Waals surface area contributed by atoms with Crippen molar-refractivity contribution in [1.82, 2.24) is 4.98 Å². The minimum absolute atomic E-state index is 0.442. The third kappa shape index (κ3) is 2.77. The molecule has 8 heteroatoms. The highest BCUT2D eigenvalue weighted by atomic mass is 32.1. The number of nitrogens with zero attached hydrogens (tertiary/aromatic N) is 1. The Kier molecular flexibility index (Phi) is 2.90. The zero-order valence-electron chi connectivity index (χ0n) is 6.82. The molecule has 1 nitrogen and oxygen atoms in total. The summed E-state index contributed by atoms with van der Waals surface area (Å²) in [6.45, 7) is 0. The van der Waals surface area contributed by atoms with Gasteiger partial charge in [0.05, 0.1) is 0 Å². The predicted octanol–water partition coefficient (Wildman–Crippen LogP) is 3.41. The van der Waals surface area contributed by atoms with E-state index < -0.39 is 28.6 Å². The van der Waals surface area contributed by atoms with Crippen molar-refractivity contribution in [2.45, 2.75) is 17.2 Å². The molecule has 1 heterocycles. The second-order valence-corrected chi connectivity index (χ2v) is 3.04. The first kappa shape index (κ1) is 12.2. The van der Waals surface area contributed by atoms with Crippen LogP contribution in [0.2, 0.25) is 0 Å². The number of hydrogen-bond acceptors (Lipinski definition) is 2. The molecule has 0 fully saturated rings. The van der Waals surface area contributed by atoms with E-state index in [2.05, 4.69) is 17.6 Å². The average molecular weight is 247 g/mol. The van der Waals surface area contributed by atoms with Crippen LogP contribution < -0.4 is 0 Å². The minimum Gasteiger partial charge on any atom is -0.238 e. The Morgan fingerprint density at radius 3 is 1.87 bits per heavy atom. The van der Waals surface area contributed by atoms with Gasteiger partial charge in [0.15, 0.2) is 5.69 Å². The normalized spacial score (nSPS) is 13.0. The summed E-state index contributed by atoms with van der Waals surface area (Å²) in [4.78, 5) is 1.85. The van der Waals surface area contributed by atoms with Gasteiger partial charge < -0.3 is 0 Å². The van der Waals surface area contributed by atoms with E-state index >= 15 is 0 Å². The lowest BCUT2D eigenvalue weighted by Gasteiger charge is -2.11. The second kappa shape index (κ2) is 3.58. The summed E-state index contributed by atoms with van der Waals surface area (Å²) < 4.78 is 72.5. The van der Waals surface area contributed by atoms with Gasteiger partial charge in [-0.25, -0.2) is 4.98 Å². The van der Waals surface area contributed by atoms with E-state index in [1.165, 1.54) is 0 Å². The minimum atomic E-state index is -4.95. The highest BCUT2D eigenvalue weighted by Gasteiger charge is 2.39. The topological polar surface area (TPSA) is 12.9 Å². The molecule has 0 radical (unpaired) electrons. The van der Waals surface area contributed by atoms with Crippen LogP contribution in [0.1, 0.15) is 11.4 Å². The summed E-state index contributed by atoms with van der Waals surface area (Å²) >= 11 is 3.38. The van der Waals surface area contributed by atoms with E-state index in [0.29, 0.717) is 12.1 Å². The van der Waals surface area contributed by atoms with Crippen LogP contribution in [-0.4, -0.2) is 4.98 Å². The fourth-order valence-corrected chi connectivity index (χ4v) is 1.07. The molecule has 0 aliphatic carbocycles. The third-order valence-electron chi connectivity index (χ3n) is 1.43. The van der Waals surface area contributed by atoms with Gasteiger partial charge in [0.1, 0.15) is 5.69 Å². The molecular formula is C7H3F6NS. The highest BCUT2D eigenvalue weighted by molar-refractivity contribution is 7.80. The molecule has 0 spiro atoms. The van der Waals surface area contributed by atoms with Gasteiger partial charge in [-0.05, 0) is 12.1 Å². The molecule has 0 aliphatic rings. The summed E-state index contributed by atoms with van der Waals surface area (Å²) in [5, 5.41) is 0. The molecule has 0 aliphatic heterocycles. The van der Waals surface area contributed by atoms with E-state index in [1.807, 2.05) is 0 Å². The van der Waals surface area contributed by atoms with Crippen molar-refractivity contribution in [1.29, 1.82) is 0 Å². The first-order valence-corrected chi connectivity index (χ1v) is 3.91. The fourth-order valence-electron chi connectivity index (χ4n) is 0.818. The van der Waals surface area contributed by atoms with E-state index in [0.717, 1.165) is 0 Å². The number of hydrogen-bond donors (Lipinski definition) is 1. The van der Waals surface area contributed by atoms with E-state index in [1.54, 1.807) is 0 Å². The standard InChI is InChI=1S/C7H3F6NS/c8-6(9,10)4-2-1-3(15)5(14-4)7(11,12)13/h1-2,15H. The van der Waals surface area contributed by atoms with Crippen LogP contribution in [0, 0.1) is 0 Å². The number of halogens is 6. The van der Waals surface area contributed by atoms with Crippen molar-refractivity contribution in [3.05, 3.63) is 23.5 Å². The largest absolute Gasteiger partial charge is 0.434 e. The smallest absolute Gasteiger partial charge is 0.238 e. The maximum atomic E-state index is 12.1. The molecule has 0 unspecified atom stereocenters. The number of thiol groups is 1. The second-order valence-electron chi connectivity index (χ2n) is 2.56. The first-order valence-electron chi connectivity index (χ1n) is 3.47. The molecule has 1 aromatic heterocycles. The summed E-state index contributed by atoms with van der Waals surface area (Å²) in [6, 6.07) is 1.05. The van der Waals surface area contributed by atoms with Gasteiger partial charge in [0, 0.05) is 4.90 Å². The van der Waals surface area contributed by atoms with Crippen LogP contribution in [0.5, 0.6) is 0 Å². The molecular weight excluding hydrogens is 244 g/mol. The van der Waals surface area contributed by atoms with Crippen LogP contribution in [0.4, 0.5) is 26.3 Å². The van der Waals surface area contributed by atoms with Crippen molar-refractivity contribution >= 4 is 12.6 Å². The zero-order chi connectivity index (χ0) is 11.9. The van der Waals surface area contributed by atoms with Crippen LogP contribution in [-0.2, 0) is 12.4 Å². The molecule has 0 bridgehead atoms. The molecule has 84 valence electrons. The molecule has 1 aromatic rings. The van der Waals surface area contributed by atoms with Crippen molar-refractivity contribution in [3.8, 4) is 0 Å². The Balaban J connectivity index is 3.30. The van der Waals surface area contributed by atoms with Gasteiger partial charge >= 0.3 is 12.4 Å². The van der Waals surface area contributed by atoms with Crippen molar-refractivity contribution in [2.75, 3.05) is 0 Å². The Labute approximate surface area is 85.5 Å². The number of rotatable bonds is 0. The molecule has 0 N–H and O–H groups in total. The summed E-state index contributed by atoms with van der Waals surface area (Å²) in [5.41, 5.74) is -3.23. The van der Waals surface area contributed by atoms with Gasteiger partial charge in [0.2, 0.25) is 0 Å². The van der Waals surface area contributed by atoms with Crippen LogP contribution >= 0.6 is 12.6 Å². The average Bonchev–Trinajstić information content (AvgIpc) is 2.00. The van der Waals surface area contributed by atoms with Gasteiger partial charge in [-0.3, -0.25) is 0 Å². The summed E-state index contributed by atoms with van der Waals surface area (Å²) in [5.74, 6) is 0. The quantitative estimate of drug-likeness (QED) is 0.547. The Morgan fingerprint density at radius 1 is 0.933 bits per heavy atom. The van der Waals surface area contributed by atoms with E-state index in [-0.39, 0.29) is 0 Å². The number of pyridine rings is 1. The molecule has 0 atom stereocenters. The highest BCUT2D eigenvalue weighted by Crippen LogP contribution is 2.35. The molecule has 0 aromatic carbocycles. The van der Waals surface area contributed by atoms with Gasteiger partial charge in [0.25, 0.3) is 0 Å². The monoisotopic (exact) mass is 247 g/mol. The number of alkyl halides is 6. The number of aromatic nitrogens is 1. The summed E-state index contributed by atoms with van der Waals surface area (Å²) in [6.07, 6.45) is -9.85. The van der Waals surface area contributed by atoms with Crippen LogP contribution in [0.15, 0.2) is 17.0 Å². The predicted molar refractivity (Wildman–Crippen MR) is 41.5 cm³/mol. The lowest BCUT2D eigenvalue weighted by Crippen LogP contribution is -2.15. The SMILES string of the molecule is FC(F)(F)c1ccc(S)c(C(F)(F)F)n1. The third-order valence-corrected chi connectivity index (χ3v) is 1.79. The maximum absolute atomic E-state index is 12.1. The maximum Gasteiger partial charge on any atom is 0.434 e. The van der Waals surface area contributed by atoms with E-state index in [9.17, 15) is 26.3 Å². The van der Waals surface area contributed by atoms with Crippen LogP contribution in [0.25, 0.3) is 0 Å². The Morgan fingerprint density at radius 2 is 1.47 bits per heavy atom. The van der Waals surface area contributed by atoms with Crippen molar-refractivity contribution in [3.63, 3.8) is 0 Å². The van der Waals surface area contributed by atoms with Gasteiger partial charge in [-0.2, -0.15) is 26.3 Å². The molecule has 0 saturated heterocycles. The lowest BCUT2D eigenvalue weighted by molar-refractivity contribution is -0.151. The van der Waals surface area contributed by atoms with Crippen molar-refractivity contribution in [2.24, 2.45) is 0 Å². The zero-order valence-corrected chi connectivity index (χ0v) is 7.71. The van der Waals surface area contributed by atoms with Crippen LogP contribution in [0.3, 0.4) is 0 Å². The Bertz CT molecular complexity index is 369. The van der Waals surface area contributed by atoms with E-state index in [4.69, 9.17) is 0 Å². The first-order chi connectivity index (χ1) is 6.62.